The lowest BCUT2D eigenvalue weighted by molar-refractivity contribution is 0.179. The van der Waals surface area contributed by atoms with E-state index in [4.69, 9.17) is 9.15 Å². The average molecular weight is 286 g/mol. The van der Waals surface area contributed by atoms with Gasteiger partial charge in [0.15, 0.2) is 10.4 Å². The molecule has 0 aromatic carbocycles. The largest absolute Gasteiger partial charge is 0.489 e. The highest BCUT2D eigenvalue weighted by Crippen LogP contribution is 2.46. The maximum absolute atomic E-state index is 5.67. The smallest absolute Gasteiger partial charge is 0.176 e. The number of rotatable bonds is 1. The molecule has 0 amide bonds. The van der Waals surface area contributed by atoms with E-state index in [9.17, 15) is 0 Å². The van der Waals surface area contributed by atoms with Gasteiger partial charge in [-0.05, 0) is 54.8 Å². The Morgan fingerprint density at radius 3 is 2.88 bits per heavy atom. The van der Waals surface area contributed by atoms with Crippen molar-refractivity contribution in [3.05, 3.63) is 16.5 Å². The van der Waals surface area contributed by atoms with Crippen molar-refractivity contribution in [3.8, 4) is 5.75 Å². The van der Waals surface area contributed by atoms with Crippen molar-refractivity contribution in [3.63, 3.8) is 0 Å². The van der Waals surface area contributed by atoms with Gasteiger partial charge in [-0.15, -0.1) is 0 Å². The fraction of sp³-hybridized carbons (Fsp3) is 0.667. The Bertz CT molecular complexity index is 382. The van der Waals surface area contributed by atoms with Crippen molar-refractivity contribution in [1.29, 1.82) is 0 Å². The monoisotopic (exact) mass is 285 g/mol. The Labute approximate surface area is 104 Å². The van der Waals surface area contributed by atoms with Crippen molar-refractivity contribution in [2.75, 3.05) is 26.7 Å². The van der Waals surface area contributed by atoms with Gasteiger partial charge in [-0.1, -0.05) is 0 Å². The minimum atomic E-state index is 0.525. The zero-order valence-electron chi connectivity index (χ0n) is 9.41. The van der Waals surface area contributed by atoms with Gasteiger partial charge in [0, 0.05) is 5.92 Å². The number of furan rings is 1. The molecule has 1 saturated heterocycles. The number of fused-ring (bicyclic) bond motifs is 1. The molecule has 1 fully saturated rings. The number of piperidine rings is 1. The molecule has 1 aromatic heterocycles. The molecule has 3 rings (SSSR count). The van der Waals surface area contributed by atoms with Crippen molar-refractivity contribution in [2.45, 2.75) is 18.8 Å². The second-order valence-corrected chi connectivity index (χ2v) is 5.57. The predicted molar refractivity (Wildman–Crippen MR) is 64.9 cm³/mol. The van der Waals surface area contributed by atoms with Crippen LogP contribution in [-0.2, 0) is 0 Å². The number of halogens is 1. The maximum Gasteiger partial charge on any atom is 0.176 e. The third kappa shape index (κ3) is 1.68. The number of hydrogen-bond donors (Lipinski definition) is 0. The number of likely N-dealkylation sites (tertiary alicyclic amines) is 1. The standard InChI is InChI=1S/C12H16BrNO2/c1-14-4-2-8(3-5-14)9-6-15-10-7-16-12(13)11(9)10/h7-9H,2-6H2,1H3. The Kier molecular flexibility index (Phi) is 2.72. The molecule has 0 aliphatic carbocycles. The third-order valence-corrected chi connectivity index (χ3v) is 4.48. The molecule has 2 aliphatic rings. The summed E-state index contributed by atoms with van der Waals surface area (Å²) in [5.41, 5.74) is 1.26. The second kappa shape index (κ2) is 4.08. The van der Waals surface area contributed by atoms with Crippen molar-refractivity contribution < 1.29 is 9.15 Å². The third-order valence-electron chi connectivity index (χ3n) is 3.87. The van der Waals surface area contributed by atoms with Gasteiger partial charge in [0.05, 0.1) is 12.2 Å². The zero-order valence-corrected chi connectivity index (χ0v) is 11.0. The van der Waals surface area contributed by atoms with Crippen LogP contribution in [0.5, 0.6) is 5.75 Å². The van der Waals surface area contributed by atoms with E-state index in [1.807, 2.05) is 0 Å². The molecule has 0 bridgehead atoms. The molecular formula is C12H16BrNO2. The molecule has 1 unspecified atom stereocenters. The first-order chi connectivity index (χ1) is 7.75. The molecule has 88 valence electrons. The maximum atomic E-state index is 5.67. The summed E-state index contributed by atoms with van der Waals surface area (Å²) in [6.45, 7) is 3.23. The lowest BCUT2D eigenvalue weighted by Crippen LogP contribution is -2.33. The molecule has 3 heterocycles. The van der Waals surface area contributed by atoms with Crippen LogP contribution < -0.4 is 4.74 Å². The molecule has 0 radical (unpaired) electrons. The fourth-order valence-corrected chi connectivity index (χ4v) is 3.42. The summed E-state index contributed by atoms with van der Waals surface area (Å²) in [5, 5.41) is 0. The van der Waals surface area contributed by atoms with Gasteiger partial charge < -0.3 is 14.1 Å². The molecule has 1 aromatic rings. The van der Waals surface area contributed by atoms with Gasteiger partial charge in [-0.25, -0.2) is 0 Å². The van der Waals surface area contributed by atoms with E-state index in [2.05, 4.69) is 27.9 Å². The highest BCUT2D eigenvalue weighted by Gasteiger charge is 2.36. The first-order valence-corrected chi connectivity index (χ1v) is 6.63. The highest BCUT2D eigenvalue weighted by molar-refractivity contribution is 9.10. The predicted octanol–water partition coefficient (Wildman–Crippen LogP) is 2.86. The molecule has 1 atom stereocenters. The molecule has 2 aliphatic heterocycles. The van der Waals surface area contributed by atoms with Crippen LogP contribution in [0.4, 0.5) is 0 Å². The number of ether oxygens (including phenoxy) is 1. The minimum Gasteiger partial charge on any atom is -0.489 e. The van der Waals surface area contributed by atoms with Crippen molar-refractivity contribution in [1.82, 2.24) is 4.90 Å². The molecular weight excluding hydrogens is 270 g/mol. The van der Waals surface area contributed by atoms with Gasteiger partial charge >= 0.3 is 0 Å². The second-order valence-electron chi connectivity index (χ2n) is 4.85. The van der Waals surface area contributed by atoms with Crippen LogP contribution in [0.1, 0.15) is 24.3 Å². The van der Waals surface area contributed by atoms with Gasteiger partial charge in [-0.2, -0.15) is 0 Å². The Morgan fingerprint density at radius 2 is 2.12 bits per heavy atom. The minimum absolute atomic E-state index is 0.525. The lowest BCUT2D eigenvalue weighted by Gasteiger charge is -2.31. The first kappa shape index (κ1) is 10.7. The Hall–Kier alpha value is -0.480. The summed E-state index contributed by atoms with van der Waals surface area (Å²) in [6.07, 6.45) is 4.25. The van der Waals surface area contributed by atoms with Crippen molar-refractivity contribution in [2.24, 2.45) is 5.92 Å². The molecule has 3 nitrogen and oxygen atoms in total. The van der Waals surface area contributed by atoms with E-state index in [1.165, 1.54) is 31.5 Å². The SMILES string of the molecule is CN1CCC(C2COc3coc(Br)c32)CC1. The molecule has 0 N–H and O–H groups in total. The number of nitrogens with zero attached hydrogens (tertiary/aromatic N) is 1. The van der Waals surface area contributed by atoms with Crippen LogP contribution in [-0.4, -0.2) is 31.6 Å². The summed E-state index contributed by atoms with van der Waals surface area (Å²) >= 11 is 3.48. The van der Waals surface area contributed by atoms with E-state index >= 15 is 0 Å². The van der Waals surface area contributed by atoms with E-state index in [0.717, 1.165) is 22.9 Å². The van der Waals surface area contributed by atoms with Crippen molar-refractivity contribution >= 4 is 15.9 Å². The first-order valence-electron chi connectivity index (χ1n) is 5.84. The van der Waals surface area contributed by atoms with Crippen LogP contribution in [0.2, 0.25) is 0 Å². The summed E-state index contributed by atoms with van der Waals surface area (Å²) in [6, 6.07) is 0. The fourth-order valence-electron chi connectivity index (χ4n) is 2.83. The van der Waals surface area contributed by atoms with Crippen LogP contribution >= 0.6 is 15.9 Å². The van der Waals surface area contributed by atoms with Crippen LogP contribution in [0.15, 0.2) is 15.3 Å². The van der Waals surface area contributed by atoms with Crippen LogP contribution in [0, 0.1) is 5.92 Å². The Morgan fingerprint density at radius 1 is 1.38 bits per heavy atom. The van der Waals surface area contributed by atoms with E-state index in [-0.39, 0.29) is 0 Å². The van der Waals surface area contributed by atoms with Gasteiger partial charge in [0.2, 0.25) is 0 Å². The van der Waals surface area contributed by atoms with Gasteiger partial charge in [0.25, 0.3) is 0 Å². The molecule has 16 heavy (non-hydrogen) atoms. The normalized spacial score (nSPS) is 26.8. The zero-order chi connectivity index (χ0) is 11.1. The summed E-state index contributed by atoms with van der Waals surface area (Å²) in [7, 11) is 2.20. The molecule has 0 saturated carbocycles. The summed E-state index contributed by atoms with van der Waals surface area (Å²) in [4.78, 5) is 2.40. The quantitative estimate of drug-likeness (QED) is 0.794. The van der Waals surface area contributed by atoms with E-state index < -0.39 is 0 Å². The topological polar surface area (TPSA) is 25.6 Å². The van der Waals surface area contributed by atoms with Crippen LogP contribution in [0.25, 0.3) is 0 Å². The molecule has 4 heteroatoms. The summed E-state index contributed by atoms with van der Waals surface area (Å²) < 4.78 is 11.9. The van der Waals surface area contributed by atoms with Crippen LogP contribution in [0.3, 0.4) is 0 Å². The summed E-state index contributed by atoms with van der Waals surface area (Å²) in [5.74, 6) is 2.21. The number of hydrogen-bond acceptors (Lipinski definition) is 3. The lowest BCUT2D eigenvalue weighted by atomic mass is 9.82. The highest BCUT2D eigenvalue weighted by atomic mass is 79.9. The Balaban J connectivity index is 1.79. The van der Waals surface area contributed by atoms with E-state index in [1.54, 1.807) is 6.26 Å². The van der Waals surface area contributed by atoms with Gasteiger partial charge in [0.1, 0.15) is 6.26 Å². The molecule has 0 spiro atoms. The van der Waals surface area contributed by atoms with Gasteiger partial charge in [-0.3, -0.25) is 0 Å². The van der Waals surface area contributed by atoms with E-state index in [0.29, 0.717) is 5.92 Å². The average Bonchev–Trinajstić information content (AvgIpc) is 2.84.